The summed E-state index contributed by atoms with van der Waals surface area (Å²) in [5.41, 5.74) is 0.836. The molecule has 0 saturated carbocycles. The molecule has 0 spiro atoms. The number of aromatic nitrogens is 1. The molecule has 21 heavy (non-hydrogen) atoms. The number of methoxy groups -OCH3 is 1. The molecule has 0 amide bonds. The van der Waals surface area contributed by atoms with E-state index in [4.69, 9.17) is 0 Å². The van der Waals surface area contributed by atoms with Gasteiger partial charge < -0.3 is 10.1 Å². The van der Waals surface area contributed by atoms with Crippen LogP contribution >= 0.6 is 11.3 Å². The van der Waals surface area contributed by atoms with E-state index in [1.54, 1.807) is 6.92 Å². The van der Waals surface area contributed by atoms with Crippen molar-refractivity contribution in [3.63, 3.8) is 0 Å². The van der Waals surface area contributed by atoms with Gasteiger partial charge in [-0.25, -0.2) is 18.6 Å². The zero-order valence-corrected chi connectivity index (χ0v) is 12.4. The lowest BCUT2D eigenvalue weighted by molar-refractivity contribution is 0.0594. The molecule has 1 heterocycles. The van der Waals surface area contributed by atoms with Crippen LogP contribution in [0.4, 0.5) is 13.9 Å². The van der Waals surface area contributed by atoms with Crippen LogP contribution in [0.5, 0.6) is 0 Å². The maximum Gasteiger partial charge on any atom is 0.357 e. The topological polar surface area (TPSA) is 51.2 Å². The fraction of sp³-hybridized carbons (Fsp3) is 0.286. The van der Waals surface area contributed by atoms with E-state index in [-0.39, 0.29) is 5.69 Å². The number of nitrogens with one attached hydrogen (secondary N) is 1. The van der Waals surface area contributed by atoms with Crippen LogP contribution in [0, 0.1) is 18.6 Å². The summed E-state index contributed by atoms with van der Waals surface area (Å²) < 4.78 is 30.7. The zero-order chi connectivity index (χ0) is 15.4. The van der Waals surface area contributed by atoms with E-state index in [9.17, 15) is 13.6 Å². The Morgan fingerprint density at radius 1 is 1.33 bits per heavy atom. The molecule has 0 radical (unpaired) electrons. The van der Waals surface area contributed by atoms with Gasteiger partial charge >= 0.3 is 5.97 Å². The number of rotatable bonds is 5. The van der Waals surface area contributed by atoms with Crippen molar-refractivity contribution in [2.45, 2.75) is 13.3 Å². The highest BCUT2D eigenvalue weighted by atomic mass is 32.1. The van der Waals surface area contributed by atoms with E-state index in [0.717, 1.165) is 10.9 Å². The van der Waals surface area contributed by atoms with Gasteiger partial charge in [-0.2, -0.15) is 0 Å². The molecule has 0 saturated heterocycles. The lowest BCUT2D eigenvalue weighted by Crippen LogP contribution is -2.07. The van der Waals surface area contributed by atoms with E-state index in [1.165, 1.54) is 30.6 Å². The number of anilines is 1. The Labute approximate surface area is 124 Å². The fourth-order valence-electron chi connectivity index (χ4n) is 1.83. The van der Waals surface area contributed by atoms with E-state index in [2.05, 4.69) is 15.0 Å². The van der Waals surface area contributed by atoms with Crippen molar-refractivity contribution in [2.75, 3.05) is 19.0 Å². The molecule has 4 nitrogen and oxygen atoms in total. The van der Waals surface area contributed by atoms with Gasteiger partial charge in [0.15, 0.2) is 10.8 Å². The van der Waals surface area contributed by atoms with Crippen molar-refractivity contribution >= 4 is 22.4 Å². The molecule has 1 aromatic heterocycles. The SMILES string of the molecule is COC(=O)c1nc(NCCc2cc(F)cc(F)c2)sc1C. The molecular weight excluding hydrogens is 298 g/mol. The molecular formula is C14H14F2N2O2S. The Hall–Kier alpha value is -2.02. The zero-order valence-electron chi connectivity index (χ0n) is 11.6. The summed E-state index contributed by atoms with van der Waals surface area (Å²) in [5, 5.41) is 3.60. The third kappa shape index (κ3) is 3.98. The predicted octanol–water partition coefficient (Wildman–Crippen LogP) is 3.17. The minimum absolute atomic E-state index is 0.279. The summed E-state index contributed by atoms with van der Waals surface area (Å²) in [6, 6.07) is 3.42. The number of hydrogen-bond acceptors (Lipinski definition) is 5. The number of benzene rings is 1. The number of esters is 1. The van der Waals surface area contributed by atoms with E-state index in [0.29, 0.717) is 23.7 Å². The maximum atomic E-state index is 13.0. The molecule has 0 bridgehead atoms. The number of carbonyl (C=O) groups excluding carboxylic acids is 1. The normalized spacial score (nSPS) is 10.5. The van der Waals surface area contributed by atoms with E-state index >= 15 is 0 Å². The van der Waals surface area contributed by atoms with Crippen molar-refractivity contribution in [2.24, 2.45) is 0 Å². The van der Waals surface area contributed by atoms with Crippen LogP contribution in [-0.4, -0.2) is 24.6 Å². The molecule has 0 unspecified atom stereocenters. The number of halogens is 2. The van der Waals surface area contributed by atoms with Crippen LogP contribution in [0.2, 0.25) is 0 Å². The minimum atomic E-state index is -0.594. The van der Waals surface area contributed by atoms with Gasteiger partial charge in [0.1, 0.15) is 11.6 Å². The van der Waals surface area contributed by atoms with Gasteiger partial charge in [-0.15, -0.1) is 11.3 Å². The number of hydrogen-bond donors (Lipinski definition) is 1. The quantitative estimate of drug-likeness (QED) is 0.862. The highest BCUT2D eigenvalue weighted by Crippen LogP contribution is 2.22. The van der Waals surface area contributed by atoms with Crippen LogP contribution in [0.25, 0.3) is 0 Å². The molecule has 0 aliphatic heterocycles. The summed E-state index contributed by atoms with van der Waals surface area (Å²) in [4.78, 5) is 16.3. The van der Waals surface area contributed by atoms with Crippen molar-refractivity contribution in [3.05, 3.63) is 46.0 Å². The van der Waals surface area contributed by atoms with Crippen LogP contribution in [0.1, 0.15) is 20.9 Å². The third-order valence-corrected chi connectivity index (χ3v) is 3.72. The Morgan fingerprint density at radius 2 is 2.00 bits per heavy atom. The lowest BCUT2D eigenvalue weighted by atomic mass is 10.1. The number of carbonyl (C=O) groups is 1. The molecule has 0 fully saturated rings. The van der Waals surface area contributed by atoms with Gasteiger partial charge in [-0.05, 0) is 31.0 Å². The predicted molar refractivity (Wildman–Crippen MR) is 76.7 cm³/mol. The van der Waals surface area contributed by atoms with Gasteiger partial charge in [-0.1, -0.05) is 0 Å². The first-order valence-electron chi connectivity index (χ1n) is 6.24. The second-order valence-electron chi connectivity index (χ2n) is 4.37. The van der Waals surface area contributed by atoms with Crippen LogP contribution in [0.3, 0.4) is 0 Å². The fourth-order valence-corrected chi connectivity index (χ4v) is 2.65. The average molecular weight is 312 g/mol. The Bertz CT molecular complexity index is 638. The number of nitrogens with zero attached hydrogens (tertiary/aromatic N) is 1. The van der Waals surface area contributed by atoms with Gasteiger partial charge in [0.05, 0.1) is 7.11 Å². The molecule has 0 aliphatic carbocycles. The molecule has 1 N–H and O–H groups in total. The smallest absolute Gasteiger partial charge is 0.357 e. The monoisotopic (exact) mass is 312 g/mol. The molecule has 1 aromatic carbocycles. The molecule has 2 rings (SSSR count). The summed E-state index contributed by atoms with van der Waals surface area (Å²) in [5.74, 6) is -1.67. The van der Waals surface area contributed by atoms with Crippen LogP contribution in [-0.2, 0) is 11.2 Å². The second kappa shape index (κ2) is 6.62. The first-order chi connectivity index (χ1) is 9.99. The minimum Gasteiger partial charge on any atom is -0.464 e. The van der Waals surface area contributed by atoms with Gasteiger partial charge in [0.2, 0.25) is 0 Å². The van der Waals surface area contributed by atoms with E-state index in [1.807, 2.05) is 0 Å². The van der Waals surface area contributed by atoms with Gasteiger partial charge in [0, 0.05) is 17.5 Å². The molecule has 7 heteroatoms. The average Bonchev–Trinajstić information content (AvgIpc) is 2.78. The number of thiazole rings is 1. The Morgan fingerprint density at radius 3 is 2.62 bits per heavy atom. The summed E-state index contributed by atoms with van der Waals surface area (Å²) in [6.07, 6.45) is 0.445. The lowest BCUT2D eigenvalue weighted by Gasteiger charge is -2.03. The maximum absolute atomic E-state index is 13.0. The third-order valence-electron chi connectivity index (χ3n) is 2.79. The second-order valence-corrected chi connectivity index (χ2v) is 5.57. The molecule has 0 atom stereocenters. The highest BCUT2D eigenvalue weighted by molar-refractivity contribution is 7.15. The highest BCUT2D eigenvalue weighted by Gasteiger charge is 2.15. The van der Waals surface area contributed by atoms with Crippen molar-refractivity contribution < 1.29 is 18.3 Å². The Kier molecular flexibility index (Phi) is 4.85. The van der Waals surface area contributed by atoms with Crippen molar-refractivity contribution in [3.8, 4) is 0 Å². The van der Waals surface area contributed by atoms with Gasteiger partial charge in [0.25, 0.3) is 0 Å². The van der Waals surface area contributed by atoms with Crippen molar-refractivity contribution in [1.82, 2.24) is 4.98 Å². The summed E-state index contributed by atoms with van der Waals surface area (Å²) >= 11 is 1.33. The first kappa shape index (κ1) is 15.4. The van der Waals surface area contributed by atoms with Crippen LogP contribution in [0.15, 0.2) is 18.2 Å². The number of aryl methyl sites for hydroxylation is 1. The number of ether oxygens (including phenoxy) is 1. The molecule has 2 aromatic rings. The first-order valence-corrected chi connectivity index (χ1v) is 7.06. The standard InChI is InChI=1S/C14H14F2N2O2S/c1-8-12(13(19)20-2)18-14(21-8)17-4-3-9-5-10(15)7-11(16)6-9/h5-7H,3-4H2,1-2H3,(H,17,18). The largest absolute Gasteiger partial charge is 0.464 e. The van der Waals surface area contributed by atoms with Crippen molar-refractivity contribution in [1.29, 1.82) is 0 Å². The summed E-state index contributed by atoms with van der Waals surface area (Å²) in [7, 11) is 1.30. The summed E-state index contributed by atoms with van der Waals surface area (Å²) in [6.45, 7) is 2.23. The Balaban J connectivity index is 1.96. The van der Waals surface area contributed by atoms with Crippen LogP contribution < -0.4 is 5.32 Å². The molecule has 112 valence electrons. The molecule has 0 aliphatic rings. The van der Waals surface area contributed by atoms with Gasteiger partial charge in [-0.3, -0.25) is 0 Å². The van der Waals surface area contributed by atoms with E-state index < -0.39 is 17.6 Å².